The Kier molecular flexibility index (Phi) is 5.72. The molecule has 0 aliphatic heterocycles. The number of aromatic nitrogens is 1. The molecule has 0 radical (unpaired) electrons. The lowest BCUT2D eigenvalue weighted by molar-refractivity contribution is -0.117. The summed E-state index contributed by atoms with van der Waals surface area (Å²) < 4.78 is 6.44. The zero-order valence-electron chi connectivity index (χ0n) is 16.1. The van der Waals surface area contributed by atoms with Crippen molar-refractivity contribution in [2.45, 2.75) is 19.8 Å². The van der Waals surface area contributed by atoms with E-state index in [0.29, 0.717) is 18.7 Å². The minimum Gasteiger partial charge on any atom is -0.445 e. The lowest BCUT2D eigenvalue weighted by Crippen LogP contribution is -2.06. The van der Waals surface area contributed by atoms with Crippen molar-refractivity contribution < 1.29 is 9.21 Å². The third-order valence-corrected chi connectivity index (χ3v) is 5.43. The van der Waals surface area contributed by atoms with Crippen molar-refractivity contribution in [3.05, 3.63) is 100 Å². The Labute approximate surface area is 178 Å². The molecule has 1 heterocycles. The van der Waals surface area contributed by atoms with Crippen molar-refractivity contribution in [3.8, 4) is 22.6 Å². The van der Waals surface area contributed by atoms with Gasteiger partial charge < -0.3 is 4.42 Å². The van der Waals surface area contributed by atoms with Gasteiger partial charge in [0.15, 0.2) is 0 Å². The number of carbonyl (C=O) groups excluding carboxylic acids is 1. The van der Waals surface area contributed by atoms with E-state index in [1.54, 1.807) is 12.5 Å². The van der Waals surface area contributed by atoms with Crippen LogP contribution in [0.15, 0.2) is 88.1 Å². The quantitative estimate of drug-likeness (QED) is 0.343. The SMILES string of the molecule is Cc1ccc(-c2ncco2)cc1-c1ccc(CC(=O)Cc2ccc(Br)cc2)cc1. The number of Topliss-reactive ketones (excluding diaryl/α,β-unsaturated/α-hetero) is 1. The first kappa shape index (κ1) is 19.3. The monoisotopic (exact) mass is 445 g/mol. The van der Waals surface area contributed by atoms with Crippen LogP contribution in [0.4, 0.5) is 0 Å². The molecule has 0 saturated heterocycles. The van der Waals surface area contributed by atoms with E-state index in [1.165, 1.54) is 5.56 Å². The number of benzene rings is 3. The van der Waals surface area contributed by atoms with Gasteiger partial charge in [-0.15, -0.1) is 0 Å². The summed E-state index contributed by atoms with van der Waals surface area (Å²) in [7, 11) is 0. The highest BCUT2D eigenvalue weighted by atomic mass is 79.9. The third kappa shape index (κ3) is 4.72. The Balaban J connectivity index is 1.48. The molecular weight excluding hydrogens is 426 g/mol. The molecule has 4 rings (SSSR count). The molecule has 1 aromatic heterocycles. The van der Waals surface area contributed by atoms with E-state index in [4.69, 9.17) is 4.42 Å². The predicted octanol–water partition coefficient (Wildman–Crippen LogP) is 6.43. The molecule has 0 N–H and O–H groups in total. The number of oxazole rings is 1. The summed E-state index contributed by atoms with van der Waals surface area (Å²) in [5.74, 6) is 0.823. The second kappa shape index (κ2) is 8.58. The Morgan fingerprint density at radius 1 is 0.897 bits per heavy atom. The van der Waals surface area contributed by atoms with Crippen LogP contribution >= 0.6 is 15.9 Å². The molecule has 0 aliphatic rings. The van der Waals surface area contributed by atoms with E-state index >= 15 is 0 Å². The molecule has 0 amide bonds. The van der Waals surface area contributed by atoms with Gasteiger partial charge in [0.1, 0.15) is 12.0 Å². The fourth-order valence-electron chi connectivity index (χ4n) is 3.35. The topological polar surface area (TPSA) is 43.1 Å². The zero-order valence-corrected chi connectivity index (χ0v) is 17.6. The van der Waals surface area contributed by atoms with Crippen LogP contribution in [0.25, 0.3) is 22.6 Å². The predicted molar refractivity (Wildman–Crippen MR) is 119 cm³/mol. The van der Waals surface area contributed by atoms with Crippen LogP contribution in [-0.4, -0.2) is 10.8 Å². The summed E-state index contributed by atoms with van der Waals surface area (Å²) in [5.41, 5.74) is 6.43. The van der Waals surface area contributed by atoms with E-state index < -0.39 is 0 Å². The summed E-state index contributed by atoms with van der Waals surface area (Å²) in [6.45, 7) is 2.09. The molecule has 4 heteroatoms. The van der Waals surface area contributed by atoms with Crippen LogP contribution in [-0.2, 0) is 17.6 Å². The molecule has 0 bridgehead atoms. The average molecular weight is 446 g/mol. The number of aryl methyl sites for hydroxylation is 1. The number of ketones is 1. The van der Waals surface area contributed by atoms with E-state index in [9.17, 15) is 4.79 Å². The van der Waals surface area contributed by atoms with Gasteiger partial charge in [-0.2, -0.15) is 0 Å². The molecule has 29 heavy (non-hydrogen) atoms. The number of hydrogen-bond acceptors (Lipinski definition) is 3. The van der Waals surface area contributed by atoms with Crippen LogP contribution in [0.2, 0.25) is 0 Å². The molecule has 4 aromatic rings. The highest BCUT2D eigenvalue weighted by molar-refractivity contribution is 9.10. The standard InChI is InChI=1S/C25H20BrNO2/c1-17-2-7-21(25-27-12-13-29-25)16-24(17)20-8-3-18(4-9-20)14-23(28)15-19-5-10-22(26)11-6-19/h2-13,16H,14-15H2,1H3. The second-order valence-corrected chi connectivity index (χ2v) is 8.00. The van der Waals surface area contributed by atoms with Gasteiger partial charge in [-0.05, 0) is 59.0 Å². The first-order chi connectivity index (χ1) is 14.1. The number of rotatable bonds is 6. The van der Waals surface area contributed by atoms with Crippen LogP contribution in [0.1, 0.15) is 16.7 Å². The van der Waals surface area contributed by atoms with Crippen LogP contribution < -0.4 is 0 Å². The van der Waals surface area contributed by atoms with Gasteiger partial charge in [0.05, 0.1) is 6.20 Å². The summed E-state index contributed by atoms with van der Waals surface area (Å²) in [4.78, 5) is 16.7. The first-order valence-corrected chi connectivity index (χ1v) is 10.2. The highest BCUT2D eigenvalue weighted by Crippen LogP contribution is 2.29. The van der Waals surface area contributed by atoms with E-state index in [0.717, 1.165) is 32.3 Å². The lowest BCUT2D eigenvalue weighted by atomic mass is 9.96. The summed E-state index contributed by atoms with van der Waals surface area (Å²) in [6.07, 6.45) is 4.11. The van der Waals surface area contributed by atoms with Crippen molar-refractivity contribution in [1.82, 2.24) is 4.98 Å². The summed E-state index contributed by atoms with van der Waals surface area (Å²) >= 11 is 3.42. The Bertz CT molecular complexity index is 1110. The minimum absolute atomic E-state index is 0.210. The fourth-order valence-corrected chi connectivity index (χ4v) is 3.62. The van der Waals surface area contributed by atoms with Gasteiger partial charge in [-0.25, -0.2) is 4.98 Å². The number of halogens is 1. The molecule has 0 aliphatic carbocycles. The van der Waals surface area contributed by atoms with Gasteiger partial charge in [-0.3, -0.25) is 4.79 Å². The van der Waals surface area contributed by atoms with Crippen molar-refractivity contribution >= 4 is 21.7 Å². The Hall–Kier alpha value is -2.98. The lowest BCUT2D eigenvalue weighted by Gasteiger charge is -2.09. The maximum Gasteiger partial charge on any atom is 0.225 e. The van der Waals surface area contributed by atoms with E-state index in [-0.39, 0.29) is 5.78 Å². The molecule has 3 nitrogen and oxygen atoms in total. The minimum atomic E-state index is 0.210. The van der Waals surface area contributed by atoms with E-state index in [2.05, 4.69) is 52.1 Å². The van der Waals surface area contributed by atoms with E-state index in [1.807, 2.05) is 42.5 Å². The van der Waals surface area contributed by atoms with Crippen LogP contribution in [0.3, 0.4) is 0 Å². The van der Waals surface area contributed by atoms with Crippen molar-refractivity contribution in [1.29, 1.82) is 0 Å². The van der Waals surface area contributed by atoms with Crippen LogP contribution in [0.5, 0.6) is 0 Å². The zero-order chi connectivity index (χ0) is 20.2. The molecule has 0 fully saturated rings. The molecule has 0 atom stereocenters. The van der Waals surface area contributed by atoms with Gasteiger partial charge in [-0.1, -0.05) is 58.4 Å². The average Bonchev–Trinajstić information content (AvgIpc) is 3.26. The van der Waals surface area contributed by atoms with Gasteiger partial charge >= 0.3 is 0 Å². The van der Waals surface area contributed by atoms with Crippen molar-refractivity contribution in [3.63, 3.8) is 0 Å². The number of hydrogen-bond donors (Lipinski definition) is 0. The second-order valence-electron chi connectivity index (χ2n) is 7.08. The maximum absolute atomic E-state index is 12.4. The molecule has 0 unspecified atom stereocenters. The summed E-state index contributed by atoms with van der Waals surface area (Å²) in [6, 6.07) is 22.3. The highest BCUT2D eigenvalue weighted by Gasteiger charge is 2.09. The Morgan fingerprint density at radius 3 is 2.14 bits per heavy atom. The van der Waals surface area contributed by atoms with Gasteiger partial charge in [0, 0.05) is 22.9 Å². The smallest absolute Gasteiger partial charge is 0.225 e. The maximum atomic E-state index is 12.4. The Morgan fingerprint density at radius 2 is 1.52 bits per heavy atom. The number of carbonyl (C=O) groups is 1. The normalized spacial score (nSPS) is 10.8. The molecule has 0 saturated carbocycles. The molecule has 144 valence electrons. The van der Waals surface area contributed by atoms with Crippen molar-refractivity contribution in [2.75, 3.05) is 0 Å². The summed E-state index contributed by atoms with van der Waals surface area (Å²) in [5, 5.41) is 0. The van der Waals surface area contributed by atoms with Gasteiger partial charge in [0.25, 0.3) is 0 Å². The third-order valence-electron chi connectivity index (χ3n) is 4.90. The molecule has 3 aromatic carbocycles. The van der Waals surface area contributed by atoms with Crippen molar-refractivity contribution in [2.24, 2.45) is 0 Å². The van der Waals surface area contributed by atoms with Gasteiger partial charge in [0.2, 0.25) is 5.89 Å². The molecule has 0 spiro atoms. The number of nitrogens with zero attached hydrogens (tertiary/aromatic N) is 1. The van der Waals surface area contributed by atoms with Crippen LogP contribution in [0, 0.1) is 6.92 Å². The fraction of sp³-hybridized carbons (Fsp3) is 0.120. The largest absolute Gasteiger partial charge is 0.445 e. The molecular formula is C25H20BrNO2. The first-order valence-electron chi connectivity index (χ1n) is 9.44.